The standard InChI is InChI=1S/C14H28N4O2/c1-5-6-10(2)17-13(19)11(3)18-8-7-16-9-12(18)14(20)15-4/h10-12,16H,5-9H2,1-4H3,(H,15,20)(H,17,19). The van der Waals surface area contributed by atoms with Gasteiger partial charge in [0, 0.05) is 32.7 Å². The van der Waals surface area contributed by atoms with E-state index in [9.17, 15) is 9.59 Å². The average Bonchev–Trinajstić information content (AvgIpc) is 2.45. The van der Waals surface area contributed by atoms with E-state index in [1.165, 1.54) is 0 Å². The van der Waals surface area contributed by atoms with Crippen LogP contribution >= 0.6 is 0 Å². The van der Waals surface area contributed by atoms with E-state index in [0.29, 0.717) is 13.1 Å². The predicted octanol–water partition coefficient (Wildman–Crippen LogP) is -0.300. The first-order valence-electron chi connectivity index (χ1n) is 7.49. The van der Waals surface area contributed by atoms with Crippen molar-refractivity contribution in [2.75, 3.05) is 26.7 Å². The number of rotatable bonds is 6. The van der Waals surface area contributed by atoms with Gasteiger partial charge in [-0.15, -0.1) is 0 Å². The molecule has 0 aromatic carbocycles. The van der Waals surface area contributed by atoms with Gasteiger partial charge in [-0.25, -0.2) is 0 Å². The van der Waals surface area contributed by atoms with Crippen molar-refractivity contribution in [3.8, 4) is 0 Å². The summed E-state index contributed by atoms with van der Waals surface area (Å²) in [6.07, 6.45) is 2.02. The number of nitrogens with zero attached hydrogens (tertiary/aromatic N) is 1. The summed E-state index contributed by atoms with van der Waals surface area (Å²) < 4.78 is 0. The van der Waals surface area contributed by atoms with Gasteiger partial charge in [0.2, 0.25) is 11.8 Å². The molecule has 3 N–H and O–H groups in total. The molecule has 116 valence electrons. The zero-order valence-electron chi connectivity index (χ0n) is 13.0. The van der Waals surface area contributed by atoms with Crippen LogP contribution in [0.15, 0.2) is 0 Å². The summed E-state index contributed by atoms with van der Waals surface area (Å²) in [4.78, 5) is 26.2. The molecule has 0 radical (unpaired) electrons. The van der Waals surface area contributed by atoms with Gasteiger partial charge in [-0.3, -0.25) is 14.5 Å². The molecule has 0 bridgehead atoms. The summed E-state index contributed by atoms with van der Waals surface area (Å²) >= 11 is 0. The minimum absolute atomic E-state index is 0.00162. The summed E-state index contributed by atoms with van der Waals surface area (Å²) in [5.41, 5.74) is 0. The van der Waals surface area contributed by atoms with Gasteiger partial charge < -0.3 is 16.0 Å². The number of hydrogen-bond acceptors (Lipinski definition) is 4. The SMILES string of the molecule is CCCC(C)NC(=O)C(C)N1CCNCC1C(=O)NC. The second-order valence-electron chi connectivity index (χ2n) is 5.45. The fourth-order valence-electron chi connectivity index (χ4n) is 2.61. The monoisotopic (exact) mass is 284 g/mol. The quantitative estimate of drug-likeness (QED) is 0.626. The minimum Gasteiger partial charge on any atom is -0.358 e. The highest BCUT2D eigenvalue weighted by atomic mass is 16.2. The second-order valence-corrected chi connectivity index (χ2v) is 5.45. The molecule has 1 heterocycles. The molecular weight excluding hydrogens is 256 g/mol. The minimum atomic E-state index is -0.293. The Morgan fingerprint density at radius 2 is 2.10 bits per heavy atom. The Labute approximate surface area is 121 Å². The molecule has 20 heavy (non-hydrogen) atoms. The molecule has 1 aliphatic heterocycles. The maximum atomic E-state index is 12.3. The van der Waals surface area contributed by atoms with Crippen LogP contribution in [-0.2, 0) is 9.59 Å². The number of amides is 2. The fourth-order valence-corrected chi connectivity index (χ4v) is 2.61. The van der Waals surface area contributed by atoms with Crippen LogP contribution in [0.1, 0.15) is 33.6 Å². The second kappa shape index (κ2) is 8.21. The molecule has 0 spiro atoms. The lowest BCUT2D eigenvalue weighted by atomic mass is 10.1. The zero-order chi connectivity index (χ0) is 15.1. The topological polar surface area (TPSA) is 73.5 Å². The molecule has 0 aromatic rings. The van der Waals surface area contributed by atoms with Crippen LogP contribution in [0.2, 0.25) is 0 Å². The van der Waals surface area contributed by atoms with Crippen LogP contribution < -0.4 is 16.0 Å². The Bertz CT molecular complexity index is 335. The molecule has 6 heteroatoms. The van der Waals surface area contributed by atoms with Gasteiger partial charge >= 0.3 is 0 Å². The molecular formula is C14H28N4O2. The van der Waals surface area contributed by atoms with Crippen molar-refractivity contribution in [1.29, 1.82) is 0 Å². The van der Waals surface area contributed by atoms with Crippen molar-refractivity contribution in [3.05, 3.63) is 0 Å². The number of hydrogen-bond donors (Lipinski definition) is 3. The first-order chi connectivity index (χ1) is 9.51. The van der Waals surface area contributed by atoms with Crippen molar-refractivity contribution in [2.24, 2.45) is 0 Å². The van der Waals surface area contributed by atoms with E-state index in [1.807, 2.05) is 18.7 Å². The number of carbonyl (C=O) groups excluding carboxylic acids is 2. The first-order valence-corrected chi connectivity index (χ1v) is 7.49. The number of piperazine rings is 1. The molecule has 1 saturated heterocycles. The molecule has 2 amide bonds. The summed E-state index contributed by atoms with van der Waals surface area (Å²) in [6, 6.07) is -0.397. The maximum absolute atomic E-state index is 12.3. The van der Waals surface area contributed by atoms with E-state index in [1.54, 1.807) is 7.05 Å². The van der Waals surface area contributed by atoms with E-state index in [-0.39, 0.29) is 29.9 Å². The van der Waals surface area contributed by atoms with Gasteiger partial charge in [-0.1, -0.05) is 13.3 Å². The highest BCUT2D eigenvalue weighted by molar-refractivity contribution is 5.85. The highest BCUT2D eigenvalue weighted by Crippen LogP contribution is 2.10. The normalized spacial score (nSPS) is 22.9. The number of nitrogens with one attached hydrogen (secondary N) is 3. The maximum Gasteiger partial charge on any atom is 0.238 e. The van der Waals surface area contributed by atoms with E-state index in [2.05, 4.69) is 22.9 Å². The van der Waals surface area contributed by atoms with Crippen molar-refractivity contribution in [1.82, 2.24) is 20.9 Å². The van der Waals surface area contributed by atoms with Crippen LogP contribution in [0.4, 0.5) is 0 Å². The van der Waals surface area contributed by atoms with Gasteiger partial charge in [0.05, 0.1) is 6.04 Å². The highest BCUT2D eigenvalue weighted by Gasteiger charge is 2.34. The average molecular weight is 284 g/mol. The lowest BCUT2D eigenvalue weighted by Gasteiger charge is -2.38. The summed E-state index contributed by atoms with van der Waals surface area (Å²) in [5.74, 6) is -0.0415. The number of likely N-dealkylation sites (N-methyl/N-ethyl adjacent to an activating group) is 1. The van der Waals surface area contributed by atoms with E-state index < -0.39 is 0 Å². The molecule has 0 aliphatic carbocycles. The third-order valence-corrected chi connectivity index (χ3v) is 3.82. The van der Waals surface area contributed by atoms with Crippen LogP contribution in [0, 0.1) is 0 Å². The van der Waals surface area contributed by atoms with Gasteiger partial charge in [0.25, 0.3) is 0 Å². The first kappa shape index (κ1) is 16.9. The number of carbonyl (C=O) groups is 2. The van der Waals surface area contributed by atoms with E-state index in [0.717, 1.165) is 19.4 Å². The lowest BCUT2D eigenvalue weighted by Crippen LogP contribution is -2.62. The Hall–Kier alpha value is -1.14. The van der Waals surface area contributed by atoms with Gasteiger partial charge in [0.1, 0.15) is 6.04 Å². The Balaban J connectivity index is 2.64. The van der Waals surface area contributed by atoms with Crippen LogP contribution in [0.5, 0.6) is 0 Å². The summed E-state index contributed by atoms with van der Waals surface area (Å²) in [5, 5.41) is 8.89. The fraction of sp³-hybridized carbons (Fsp3) is 0.857. The Morgan fingerprint density at radius 3 is 2.70 bits per heavy atom. The van der Waals surface area contributed by atoms with Crippen LogP contribution in [0.3, 0.4) is 0 Å². The molecule has 3 atom stereocenters. The molecule has 6 nitrogen and oxygen atoms in total. The molecule has 1 fully saturated rings. The van der Waals surface area contributed by atoms with E-state index in [4.69, 9.17) is 0 Å². The van der Waals surface area contributed by atoms with Crippen molar-refractivity contribution < 1.29 is 9.59 Å². The van der Waals surface area contributed by atoms with E-state index >= 15 is 0 Å². The molecule has 0 saturated carbocycles. The van der Waals surface area contributed by atoms with Crippen molar-refractivity contribution in [3.63, 3.8) is 0 Å². The Morgan fingerprint density at radius 1 is 1.40 bits per heavy atom. The van der Waals surface area contributed by atoms with Gasteiger partial charge in [-0.05, 0) is 20.3 Å². The molecule has 1 rings (SSSR count). The zero-order valence-corrected chi connectivity index (χ0v) is 13.0. The predicted molar refractivity (Wildman–Crippen MR) is 79.4 cm³/mol. The molecule has 0 aromatic heterocycles. The van der Waals surface area contributed by atoms with Crippen LogP contribution in [-0.4, -0.2) is 61.5 Å². The third kappa shape index (κ3) is 4.45. The van der Waals surface area contributed by atoms with Crippen LogP contribution in [0.25, 0.3) is 0 Å². The largest absolute Gasteiger partial charge is 0.358 e. The smallest absolute Gasteiger partial charge is 0.238 e. The third-order valence-electron chi connectivity index (χ3n) is 3.82. The Kier molecular flexibility index (Phi) is 6.95. The van der Waals surface area contributed by atoms with Crippen molar-refractivity contribution in [2.45, 2.75) is 51.7 Å². The summed E-state index contributed by atoms with van der Waals surface area (Å²) in [7, 11) is 1.63. The summed E-state index contributed by atoms with van der Waals surface area (Å²) in [6.45, 7) is 8.08. The van der Waals surface area contributed by atoms with Crippen molar-refractivity contribution >= 4 is 11.8 Å². The molecule has 3 unspecified atom stereocenters. The lowest BCUT2D eigenvalue weighted by molar-refractivity contribution is -0.133. The van der Waals surface area contributed by atoms with Gasteiger partial charge in [0.15, 0.2) is 0 Å². The molecule has 1 aliphatic rings. The van der Waals surface area contributed by atoms with Gasteiger partial charge in [-0.2, -0.15) is 0 Å².